The van der Waals surface area contributed by atoms with Gasteiger partial charge in [0.05, 0.1) is 6.61 Å². The summed E-state index contributed by atoms with van der Waals surface area (Å²) in [4.78, 5) is 0. The maximum atomic E-state index is 8.90. The van der Waals surface area contributed by atoms with Gasteiger partial charge in [0.1, 0.15) is 0 Å². The maximum Gasteiger partial charge on any atom is 0.0587 e. The molecule has 0 bridgehead atoms. The molecule has 1 heterocycles. The van der Waals surface area contributed by atoms with E-state index in [2.05, 4.69) is 10.6 Å². The number of nitrogens with one attached hydrogen (secondary N) is 2. The Balaban J connectivity index is 0. The molecule has 0 unspecified atom stereocenters. The summed E-state index contributed by atoms with van der Waals surface area (Å²) in [6.07, 6.45) is 1.19. The first-order valence-corrected chi connectivity index (χ1v) is 3.87. The molecule has 0 aromatic heterocycles. The van der Waals surface area contributed by atoms with E-state index >= 15 is 0 Å². The van der Waals surface area contributed by atoms with Gasteiger partial charge in [-0.1, -0.05) is 0 Å². The van der Waals surface area contributed by atoms with E-state index in [1.807, 2.05) is 7.05 Å². The Hall–Kier alpha value is 0.460. The highest BCUT2D eigenvalue weighted by Crippen LogP contribution is 2.11. The van der Waals surface area contributed by atoms with Crippen LogP contribution in [-0.4, -0.2) is 37.9 Å². The fraction of sp³-hybridized carbons (Fsp3) is 1.00. The second kappa shape index (κ2) is 8.08. The van der Waals surface area contributed by atoms with Crippen molar-refractivity contribution in [3.8, 4) is 0 Å². The summed E-state index contributed by atoms with van der Waals surface area (Å²) in [6.45, 7) is 2.40. The van der Waals surface area contributed by atoms with Gasteiger partial charge < -0.3 is 15.7 Å². The van der Waals surface area contributed by atoms with Crippen LogP contribution in [0.25, 0.3) is 0 Å². The van der Waals surface area contributed by atoms with Crippen molar-refractivity contribution in [3.63, 3.8) is 0 Å². The first kappa shape index (κ1) is 15.0. The smallest absolute Gasteiger partial charge is 0.0587 e. The molecule has 0 spiro atoms. The second-order valence-electron chi connectivity index (χ2n) is 2.83. The van der Waals surface area contributed by atoms with E-state index in [9.17, 15) is 0 Å². The fourth-order valence-corrected chi connectivity index (χ4v) is 1.50. The molecule has 3 nitrogen and oxygen atoms in total. The van der Waals surface area contributed by atoms with Crippen LogP contribution in [0.1, 0.15) is 6.42 Å². The van der Waals surface area contributed by atoms with Crippen LogP contribution in [0.3, 0.4) is 0 Å². The third-order valence-electron chi connectivity index (χ3n) is 2.23. The van der Waals surface area contributed by atoms with E-state index < -0.39 is 0 Å². The first-order chi connectivity index (χ1) is 4.88. The monoisotopic (exact) mass is 216 g/mol. The van der Waals surface area contributed by atoms with E-state index in [0.29, 0.717) is 5.92 Å². The molecule has 0 aromatic rings. The van der Waals surface area contributed by atoms with Gasteiger partial charge in [0, 0.05) is 6.04 Å². The minimum absolute atomic E-state index is 0. The molecule has 1 aliphatic heterocycles. The summed E-state index contributed by atoms with van der Waals surface area (Å²) in [5.41, 5.74) is 0. The average molecular weight is 217 g/mol. The van der Waals surface area contributed by atoms with E-state index in [4.69, 9.17) is 5.11 Å². The van der Waals surface area contributed by atoms with Crippen LogP contribution in [0, 0.1) is 5.92 Å². The van der Waals surface area contributed by atoms with Crippen molar-refractivity contribution in [1.82, 2.24) is 10.6 Å². The van der Waals surface area contributed by atoms with Gasteiger partial charge in [-0.2, -0.15) is 0 Å². The molecule has 1 saturated heterocycles. The topological polar surface area (TPSA) is 44.3 Å². The molecular weight excluding hydrogens is 199 g/mol. The Kier molecular flexibility index (Phi) is 10.1. The van der Waals surface area contributed by atoms with Crippen molar-refractivity contribution in [3.05, 3.63) is 0 Å². The summed E-state index contributed by atoms with van der Waals surface area (Å²) >= 11 is 0. The summed E-state index contributed by atoms with van der Waals surface area (Å²) in [5.74, 6) is 0.620. The largest absolute Gasteiger partial charge is 0.395 e. The zero-order valence-corrected chi connectivity index (χ0v) is 8.88. The predicted octanol–water partition coefficient (Wildman–Crippen LogP) is 0.0198. The Bertz CT molecular complexity index is 95.4. The van der Waals surface area contributed by atoms with E-state index in [1.165, 1.54) is 6.42 Å². The van der Waals surface area contributed by atoms with E-state index in [-0.39, 0.29) is 37.5 Å². The van der Waals surface area contributed by atoms with Crippen molar-refractivity contribution in [2.75, 3.05) is 26.7 Å². The number of aliphatic hydroxyl groups excluding tert-OH is 1. The molecule has 12 heavy (non-hydrogen) atoms. The molecule has 0 radical (unpaired) electrons. The van der Waals surface area contributed by atoms with Crippen molar-refractivity contribution in [2.24, 2.45) is 5.92 Å². The maximum absolute atomic E-state index is 8.90. The molecule has 1 fully saturated rings. The van der Waals surface area contributed by atoms with Gasteiger partial charge in [-0.25, -0.2) is 0 Å². The minimum atomic E-state index is 0. The van der Waals surface area contributed by atoms with Crippen LogP contribution in [-0.2, 0) is 0 Å². The Morgan fingerprint density at radius 1 is 1.58 bits per heavy atom. The zero-order chi connectivity index (χ0) is 7.40. The SMILES string of the molecule is CN[C@@H](CO)[C@@H]1CCNC1.Cl.Cl. The lowest BCUT2D eigenvalue weighted by molar-refractivity contribution is 0.211. The van der Waals surface area contributed by atoms with Gasteiger partial charge in [0.15, 0.2) is 0 Å². The fourth-order valence-electron chi connectivity index (χ4n) is 1.50. The van der Waals surface area contributed by atoms with Gasteiger partial charge in [0.2, 0.25) is 0 Å². The van der Waals surface area contributed by atoms with E-state index in [0.717, 1.165) is 13.1 Å². The van der Waals surface area contributed by atoms with Crippen LogP contribution in [0.4, 0.5) is 0 Å². The first-order valence-electron chi connectivity index (χ1n) is 3.87. The van der Waals surface area contributed by atoms with Crippen molar-refractivity contribution < 1.29 is 5.11 Å². The van der Waals surface area contributed by atoms with Gasteiger partial charge in [-0.3, -0.25) is 0 Å². The lowest BCUT2D eigenvalue weighted by Gasteiger charge is -2.19. The standard InChI is InChI=1S/C7H16N2O.2ClH/c1-8-7(5-10)6-2-3-9-4-6;;/h6-10H,2-5H2,1H3;2*1H/t6-,7+;;/m1../s1. The average Bonchev–Trinajstić information content (AvgIpc) is 2.43. The van der Waals surface area contributed by atoms with Crippen molar-refractivity contribution >= 4 is 24.8 Å². The number of aliphatic hydroxyl groups is 1. The lowest BCUT2D eigenvalue weighted by atomic mass is 10.0. The van der Waals surface area contributed by atoms with E-state index in [1.54, 1.807) is 0 Å². The van der Waals surface area contributed by atoms with Crippen LogP contribution >= 0.6 is 24.8 Å². The summed E-state index contributed by atoms with van der Waals surface area (Å²) in [7, 11) is 1.90. The Labute approximate surface area is 86.1 Å². The molecular formula is C7H18Cl2N2O. The van der Waals surface area contributed by atoms with Gasteiger partial charge in [-0.05, 0) is 32.5 Å². The molecule has 0 amide bonds. The molecule has 76 valence electrons. The van der Waals surface area contributed by atoms with Crippen LogP contribution in [0.15, 0.2) is 0 Å². The number of hydrogen-bond donors (Lipinski definition) is 3. The quantitative estimate of drug-likeness (QED) is 0.624. The highest BCUT2D eigenvalue weighted by Gasteiger charge is 2.22. The summed E-state index contributed by atoms with van der Waals surface area (Å²) in [6, 6.07) is 0.287. The van der Waals surface area contributed by atoms with Gasteiger partial charge in [-0.15, -0.1) is 24.8 Å². The van der Waals surface area contributed by atoms with Crippen molar-refractivity contribution in [1.29, 1.82) is 0 Å². The molecule has 1 aliphatic rings. The second-order valence-corrected chi connectivity index (χ2v) is 2.83. The van der Waals surface area contributed by atoms with Crippen molar-refractivity contribution in [2.45, 2.75) is 12.5 Å². The van der Waals surface area contributed by atoms with Crippen LogP contribution in [0.5, 0.6) is 0 Å². The molecule has 0 saturated carbocycles. The Morgan fingerprint density at radius 3 is 2.58 bits per heavy atom. The lowest BCUT2D eigenvalue weighted by Crippen LogP contribution is -2.37. The molecule has 3 N–H and O–H groups in total. The molecule has 1 rings (SSSR count). The number of likely N-dealkylation sites (N-methyl/N-ethyl adjacent to an activating group) is 1. The summed E-state index contributed by atoms with van der Waals surface area (Å²) in [5, 5.41) is 15.3. The third kappa shape index (κ3) is 3.92. The molecule has 5 heteroatoms. The third-order valence-corrected chi connectivity index (χ3v) is 2.23. The normalized spacial score (nSPS) is 24.0. The Morgan fingerprint density at radius 2 is 2.25 bits per heavy atom. The van der Waals surface area contributed by atoms with Gasteiger partial charge >= 0.3 is 0 Å². The molecule has 2 atom stereocenters. The minimum Gasteiger partial charge on any atom is -0.395 e. The predicted molar refractivity (Wildman–Crippen MR) is 55.4 cm³/mol. The zero-order valence-electron chi connectivity index (χ0n) is 7.25. The highest BCUT2D eigenvalue weighted by atomic mass is 35.5. The summed E-state index contributed by atoms with van der Waals surface area (Å²) < 4.78 is 0. The number of rotatable bonds is 3. The van der Waals surface area contributed by atoms with Crippen LogP contribution < -0.4 is 10.6 Å². The number of halogens is 2. The van der Waals surface area contributed by atoms with Gasteiger partial charge in [0.25, 0.3) is 0 Å². The molecule has 0 aromatic carbocycles. The number of hydrogen-bond acceptors (Lipinski definition) is 3. The molecule has 0 aliphatic carbocycles. The van der Waals surface area contributed by atoms with Crippen LogP contribution in [0.2, 0.25) is 0 Å². The highest BCUT2D eigenvalue weighted by molar-refractivity contribution is 5.85.